The van der Waals surface area contributed by atoms with Crippen molar-refractivity contribution < 1.29 is 4.79 Å². The van der Waals surface area contributed by atoms with E-state index in [0.29, 0.717) is 5.92 Å². The van der Waals surface area contributed by atoms with Crippen molar-refractivity contribution in [3.8, 4) is 0 Å². The molecule has 1 rings (SSSR count). The highest BCUT2D eigenvalue weighted by Gasteiger charge is 2.04. The Hall–Kier alpha value is -1.31. The molecule has 0 bridgehead atoms. The van der Waals surface area contributed by atoms with Crippen molar-refractivity contribution in [3.63, 3.8) is 0 Å². The zero-order valence-electron chi connectivity index (χ0n) is 8.29. The fraction of sp³-hybridized carbons (Fsp3) is 0.364. The maximum Gasteiger partial charge on any atom is 0.251 e. The molecule has 2 nitrogen and oxygen atoms in total. The van der Waals surface area contributed by atoms with E-state index in [2.05, 4.69) is 19.2 Å². The normalized spacial score (nSPS) is 10.2. The van der Waals surface area contributed by atoms with E-state index in [1.54, 1.807) is 7.05 Å². The molecule has 1 amide bonds. The Morgan fingerprint density at radius 1 is 1.38 bits per heavy atom. The van der Waals surface area contributed by atoms with Crippen molar-refractivity contribution >= 4 is 5.91 Å². The highest BCUT2D eigenvalue weighted by atomic mass is 16.1. The van der Waals surface area contributed by atoms with E-state index in [-0.39, 0.29) is 5.91 Å². The molecule has 0 spiro atoms. The number of carbonyl (C=O) groups is 1. The SMILES string of the molecule is CNC(=O)c1cccc(C(C)C)c1. The Morgan fingerprint density at radius 3 is 2.62 bits per heavy atom. The number of benzene rings is 1. The van der Waals surface area contributed by atoms with Crippen molar-refractivity contribution in [3.05, 3.63) is 35.4 Å². The molecule has 0 aliphatic carbocycles. The summed E-state index contributed by atoms with van der Waals surface area (Å²) in [7, 11) is 1.64. The van der Waals surface area contributed by atoms with Crippen LogP contribution in [0.3, 0.4) is 0 Å². The van der Waals surface area contributed by atoms with Gasteiger partial charge in [-0.3, -0.25) is 4.79 Å². The van der Waals surface area contributed by atoms with E-state index < -0.39 is 0 Å². The van der Waals surface area contributed by atoms with Crippen LogP contribution in [0, 0.1) is 0 Å². The van der Waals surface area contributed by atoms with Gasteiger partial charge in [0, 0.05) is 12.6 Å². The standard InChI is InChI=1S/C11H15NO/c1-8(2)9-5-4-6-10(7-9)11(13)12-3/h4-8H,1-3H3,(H,12,13). The highest BCUT2D eigenvalue weighted by Crippen LogP contribution is 2.15. The van der Waals surface area contributed by atoms with E-state index in [4.69, 9.17) is 0 Å². The average Bonchev–Trinajstić information content (AvgIpc) is 2.17. The first-order chi connectivity index (χ1) is 6.15. The van der Waals surface area contributed by atoms with Crippen LogP contribution >= 0.6 is 0 Å². The third kappa shape index (κ3) is 2.31. The molecule has 0 unspecified atom stereocenters. The third-order valence-electron chi connectivity index (χ3n) is 2.04. The average molecular weight is 177 g/mol. The predicted octanol–water partition coefficient (Wildman–Crippen LogP) is 2.17. The van der Waals surface area contributed by atoms with Gasteiger partial charge in [-0.25, -0.2) is 0 Å². The van der Waals surface area contributed by atoms with Gasteiger partial charge in [0.05, 0.1) is 0 Å². The summed E-state index contributed by atoms with van der Waals surface area (Å²) in [6.07, 6.45) is 0. The third-order valence-corrected chi connectivity index (χ3v) is 2.04. The van der Waals surface area contributed by atoms with Crippen LogP contribution in [0.15, 0.2) is 24.3 Å². The largest absolute Gasteiger partial charge is 0.355 e. The molecule has 0 aromatic heterocycles. The minimum absolute atomic E-state index is 0.0255. The van der Waals surface area contributed by atoms with Crippen molar-refractivity contribution in [2.45, 2.75) is 19.8 Å². The molecule has 0 aliphatic rings. The number of rotatable bonds is 2. The van der Waals surface area contributed by atoms with Crippen molar-refractivity contribution in [1.82, 2.24) is 5.32 Å². The molecule has 0 saturated carbocycles. The van der Waals surface area contributed by atoms with E-state index in [1.807, 2.05) is 24.3 Å². The first-order valence-electron chi connectivity index (χ1n) is 4.47. The fourth-order valence-electron chi connectivity index (χ4n) is 1.18. The quantitative estimate of drug-likeness (QED) is 0.737. The Balaban J connectivity index is 2.98. The molecule has 0 saturated heterocycles. The molecule has 1 N–H and O–H groups in total. The van der Waals surface area contributed by atoms with Crippen LogP contribution in [0.1, 0.15) is 35.7 Å². The number of nitrogens with one attached hydrogen (secondary N) is 1. The first kappa shape index (κ1) is 9.78. The van der Waals surface area contributed by atoms with E-state index in [1.165, 1.54) is 5.56 Å². The van der Waals surface area contributed by atoms with Gasteiger partial charge in [0.25, 0.3) is 5.91 Å². The molecule has 0 atom stereocenters. The highest BCUT2D eigenvalue weighted by molar-refractivity contribution is 5.94. The molecule has 70 valence electrons. The first-order valence-corrected chi connectivity index (χ1v) is 4.47. The van der Waals surface area contributed by atoms with Gasteiger partial charge in [0.15, 0.2) is 0 Å². The van der Waals surface area contributed by atoms with Gasteiger partial charge >= 0.3 is 0 Å². The van der Waals surface area contributed by atoms with E-state index in [9.17, 15) is 4.79 Å². The lowest BCUT2D eigenvalue weighted by Crippen LogP contribution is -2.17. The summed E-state index contributed by atoms with van der Waals surface area (Å²) in [5.41, 5.74) is 1.93. The maximum atomic E-state index is 11.3. The van der Waals surface area contributed by atoms with Crippen molar-refractivity contribution in [2.75, 3.05) is 7.05 Å². The van der Waals surface area contributed by atoms with Gasteiger partial charge < -0.3 is 5.32 Å². The van der Waals surface area contributed by atoms with Gasteiger partial charge in [0.1, 0.15) is 0 Å². The van der Waals surface area contributed by atoms with Crippen LogP contribution in [0.4, 0.5) is 0 Å². The van der Waals surface area contributed by atoms with Crippen LogP contribution in [-0.2, 0) is 0 Å². The van der Waals surface area contributed by atoms with Gasteiger partial charge in [-0.1, -0.05) is 26.0 Å². The van der Waals surface area contributed by atoms with Gasteiger partial charge in [0.2, 0.25) is 0 Å². The van der Waals surface area contributed by atoms with Gasteiger partial charge in [-0.2, -0.15) is 0 Å². The Bertz CT molecular complexity index is 305. The minimum atomic E-state index is -0.0255. The summed E-state index contributed by atoms with van der Waals surface area (Å²) >= 11 is 0. The zero-order chi connectivity index (χ0) is 9.84. The number of carbonyl (C=O) groups excluding carboxylic acids is 1. The smallest absolute Gasteiger partial charge is 0.251 e. The monoisotopic (exact) mass is 177 g/mol. The Kier molecular flexibility index (Phi) is 3.07. The lowest BCUT2D eigenvalue weighted by atomic mass is 10.0. The van der Waals surface area contributed by atoms with Gasteiger partial charge in [-0.15, -0.1) is 0 Å². The lowest BCUT2D eigenvalue weighted by Gasteiger charge is -2.06. The summed E-state index contributed by atoms with van der Waals surface area (Å²) in [4.78, 5) is 11.3. The van der Waals surface area contributed by atoms with Crippen LogP contribution < -0.4 is 5.32 Å². The van der Waals surface area contributed by atoms with Crippen LogP contribution in [0.5, 0.6) is 0 Å². The second kappa shape index (κ2) is 4.08. The Morgan fingerprint density at radius 2 is 2.08 bits per heavy atom. The van der Waals surface area contributed by atoms with E-state index >= 15 is 0 Å². The fourth-order valence-corrected chi connectivity index (χ4v) is 1.18. The topological polar surface area (TPSA) is 29.1 Å². The molecule has 0 fully saturated rings. The summed E-state index contributed by atoms with van der Waals surface area (Å²) in [5.74, 6) is 0.437. The summed E-state index contributed by atoms with van der Waals surface area (Å²) in [5, 5.41) is 2.61. The molecule has 0 radical (unpaired) electrons. The number of hydrogen-bond donors (Lipinski definition) is 1. The molecular formula is C11H15NO. The second-order valence-electron chi connectivity index (χ2n) is 3.36. The van der Waals surface area contributed by atoms with E-state index in [0.717, 1.165) is 5.56 Å². The minimum Gasteiger partial charge on any atom is -0.355 e. The van der Waals surface area contributed by atoms with Crippen molar-refractivity contribution in [1.29, 1.82) is 0 Å². The number of hydrogen-bond acceptors (Lipinski definition) is 1. The van der Waals surface area contributed by atoms with Crippen molar-refractivity contribution in [2.24, 2.45) is 0 Å². The molecular weight excluding hydrogens is 162 g/mol. The summed E-state index contributed by atoms with van der Waals surface area (Å²) < 4.78 is 0. The molecule has 13 heavy (non-hydrogen) atoms. The summed E-state index contributed by atoms with van der Waals surface area (Å²) in [6.45, 7) is 4.23. The molecule has 1 aromatic rings. The zero-order valence-corrected chi connectivity index (χ0v) is 8.29. The Labute approximate surface area is 79.0 Å². The lowest BCUT2D eigenvalue weighted by molar-refractivity contribution is 0.0963. The molecule has 0 heterocycles. The van der Waals surface area contributed by atoms with Crippen LogP contribution in [0.2, 0.25) is 0 Å². The van der Waals surface area contributed by atoms with Crippen LogP contribution in [0.25, 0.3) is 0 Å². The molecule has 0 aliphatic heterocycles. The second-order valence-corrected chi connectivity index (χ2v) is 3.36. The molecule has 2 heteroatoms. The predicted molar refractivity (Wildman–Crippen MR) is 53.9 cm³/mol. The van der Waals surface area contributed by atoms with Crippen LogP contribution in [-0.4, -0.2) is 13.0 Å². The molecule has 1 aromatic carbocycles. The number of amides is 1. The summed E-state index contributed by atoms with van der Waals surface area (Å²) in [6, 6.07) is 7.71. The van der Waals surface area contributed by atoms with Gasteiger partial charge in [-0.05, 0) is 23.6 Å². The maximum absolute atomic E-state index is 11.3.